The third-order valence-corrected chi connectivity index (χ3v) is 3.38. The average molecular weight is 214 g/mol. The molecular weight excluding hydrogens is 196 g/mol. The Kier molecular flexibility index (Phi) is 3.14. The van der Waals surface area contributed by atoms with Gasteiger partial charge in [-0.15, -0.1) is 0 Å². The van der Waals surface area contributed by atoms with Crippen LogP contribution in [0.1, 0.15) is 33.6 Å². The standard InChI is InChI=1S/C10H18N2OS/c1-6(7-4-5-7)12-9(13)10(2,3)8(11)14/h6-7H,4-5H2,1-3H3,(H2,11,14)(H,12,13). The van der Waals surface area contributed by atoms with Crippen molar-refractivity contribution in [2.24, 2.45) is 17.1 Å². The van der Waals surface area contributed by atoms with Crippen LogP contribution in [0.5, 0.6) is 0 Å². The van der Waals surface area contributed by atoms with E-state index in [-0.39, 0.29) is 16.9 Å². The molecule has 0 bridgehead atoms. The molecular formula is C10H18N2OS. The minimum atomic E-state index is -0.738. The van der Waals surface area contributed by atoms with Gasteiger partial charge in [0.05, 0.1) is 10.4 Å². The van der Waals surface area contributed by atoms with Crippen molar-refractivity contribution in [1.82, 2.24) is 5.32 Å². The second-order valence-corrected chi connectivity index (χ2v) is 5.03. The topological polar surface area (TPSA) is 55.1 Å². The van der Waals surface area contributed by atoms with Gasteiger partial charge in [0.2, 0.25) is 5.91 Å². The summed E-state index contributed by atoms with van der Waals surface area (Å²) < 4.78 is 0. The quantitative estimate of drug-likeness (QED) is 0.692. The molecule has 0 aliphatic heterocycles. The second-order valence-electron chi connectivity index (χ2n) is 4.59. The molecule has 4 heteroatoms. The smallest absolute Gasteiger partial charge is 0.232 e. The molecule has 0 heterocycles. The Morgan fingerprint density at radius 2 is 2.07 bits per heavy atom. The van der Waals surface area contributed by atoms with Crippen molar-refractivity contribution >= 4 is 23.1 Å². The third kappa shape index (κ3) is 2.44. The molecule has 1 aliphatic rings. The number of nitrogens with one attached hydrogen (secondary N) is 1. The van der Waals surface area contributed by atoms with Crippen LogP contribution in [-0.4, -0.2) is 16.9 Å². The van der Waals surface area contributed by atoms with Gasteiger partial charge in [0.1, 0.15) is 0 Å². The maximum atomic E-state index is 11.8. The van der Waals surface area contributed by atoms with Crippen molar-refractivity contribution < 1.29 is 4.79 Å². The number of carbonyl (C=O) groups excluding carboxylic acids is 1. The number of hydrogen-bond donors (Lipinski definition) is 2. The van der Waals surface area contributed by atoms with Crippen molar-refractivity contribution in [2.75, 3.05) is 0 Å². The number of thiocarbonyl (C=S) groups is 1. The molecule has 0 radical (unpaired) electrons. The molecule has 0 saturated heterocycles. The third-order valence-electron chi connectivity index (χ3n) is 2.87. The first-order valence-corrected chi connectivity index (χ1v) is 5.37. The van der Waals surface area contributed by atoms with Crippen molar-refractivity contribution in [3.8, 4) is 0 Å². The van der Waals surface area contributed by atoms with E-state index < -0.39 is 5.41 Å². The fourth-order valence-electron chi connectivity index (χ4n) is 1.21. The SMILES string of the molecule is CC(NC(=O)C(C)(C)C(N)=S)C1CC1. The molecule has 0 aromatic carbocycles. The highest BCUT2D eigenvalue weighted by atomic mass is 32.1. The molecule has 0 aromatic heterocycles. The summed E-state index contributed by atoms with van der Waals surface area (Å²) in [7, 11) is 0. The van der Waals surface area contributed by atoms with Crippen LogP contribution in [0.2, 0.25) is 0 Å². The number of hydrogen-bond acceptors (Lipinski definition) is 2. The molecule has 1 saturated carbocycles. The molecule has 0 aromatic rings. The molecule has 1 rings (SSSR count). The van der Waals surface area contributed by atoms with Gasteiger partial charge in [-0.2, -0.15) is 0 Å². The van der Waals surface area contributed by atoms with Gasteiger partial charge in [-0.05, 0) is 39.5 Å². The van der Waals surface area contributed by atoms with Crippen LogP contribution < -0.4 is 11.1 Å². The molecule has 1 atom stereocenters. The number of carbonyl (C=O) groups is 1. The van der Waals surface area contributed by atoms with Gasteiger partial charge in [-0.3, -0.25) is 4.79 Å². The Hall–Kier alpha value is -0.640. The molecule has 3 nitrogen and oxygen atoms in total. The highest BCUT2D eigenvalue weighted by Gasteiger charge is 2.35. The Bertz CT molecular complexity index is 259. The Labute approximate surface area is 90.4 Å². The van der Waals surface area contributed by atoms with Crippen LogP contribution in [0.25, 0.3) is 0 Å². The fraction of sp³-hybridized carbons (Fsp3) is 0.800. The first kappa shape index (κ1) is 11.4. The maximum absolute atomic E-state index is 11.8. The minimum Gasteiger partial charge on any atom is -0.392 e. The highest BCUT2D eigenvalue weighted by molar-refractivity contribution is 7.80. The van der Waals surface area contributed by atoms with E-state index in [4.69, 9.17) is 18.0 Å². The predicted octanol–water partition coefficient (Wildman–Crippen LogP) is 1.21. The van der Waals surface area contributed by atoms with Crippen molar-refractivity contribution in [3.05, 3.63) is 0 Å². The van der Waals surface area contributed by atoms with Gasteiger partial charge >= 0.3 is 0 Å². The van der Waals surface area contributed by atoms with E-state index in [0.29, 0.717) is 5.92 Å². The summed E-state index contributed by atoms with van der Waals surface area (Å²) in [6.45, 7) is 5.54. The van der Waals surface area contributed by atoms with Crippen molar-refractivity contribution in [2.45, 2.75) is 39.7 Å². The van der Waals surface area contributed by atoms with E-state index >= 15 is 0 Å². The van der Waals surface area contributed by atoms with Crippen LogP contribution in [0.4, 0.5) is 0 Å². The second kappa shape index (κ2) is 3.85. The number of nitrogens with two attached hydrogens (primary N) is 1. The van der Waals surface area contributed by atoms with Gasteiger partial charge in [-0.25, -0.2) is 0 Å². The fourth-order valence-corrected chi connectivity index (χ4v) is 1.31. The van der Waals surface area contributed by atoms with Gasteiger partial charge in [-0.1, -0.05) is 12.2 Å². The number of amides is 1. The van der Waals surface area contributed by atoms with Crippen LogP contribution in [0.15, 0.2) is 0 Å². The monoisotopic (exact) mass is 214 g/mol. The summed E-state index contributed by atoms with van der Waals surface area (Å²) in [6, 6.07) is 0.246. The maximum Gasteiger partial charge on any atom is 0.232 e. The summed E-state index contributed by atoms with van der Waals surface area (Å²) >= 11 is 4.86. The van der Waals surface area contributed by atoms with E-state index in [1.54, 1.807) is 13.8 Å². The van der Waals surface area contributed by atoms with Gasteiger partial charge < -0.3 is 11.1 Å². The lowest BCUT2D eigenvalue weighted by molar-refractivity contribution is -0.127. The van der Waals surface area contributed by atoms with E-state index in [1.807, 2.05) is 6.92 Å². The van der Waals surface area contributed by atoms with Gasteiger partial charge in [0.15, 0.2) is 0 Å². The zero-order chi connectivity index (χ0) is 10.9. The lowest BCUT2D eigenvalue weighted by Gasteiger charge is -2.24. The zero-order valence-corrected chi connectivity index (χ0v) is 9.78. The molecule has 1 unspecified atom stereocenters. The average Bonchev–Trinajstić information content (AvgIpc) is 2.85. The van der Waals surface area contributed by atoms with Crippen LogP contribution in [-0.2, 0) is 4.79 Å². The van der Waals surface area contributed by atoms with Crippen LogP contribution in [0.3, 0.4) is 0 Å². The Morgan fingerprint density at radius 3 is 2.43 bits per heavy atom. The molecule has 1 aliphatic carbocycles. The Morgan fingerprint density at radius 1 is 1.57 bits per heavy atom. The van der Waals surface area contributed by atoms with Crippen molar-refractivity contribution in [3.63, 3.8) is 0 Å². The lowest BCUT2D eigenvalue weighted by atomic mass is 9.92. The van der Waals surface area contributed by atoms with E-state index in [9.17, 15) is 4.79 Å². The molecule has 1 fully saturated rings. The highest BCUT2D eigenvalue weighted by Crippen LogP contribution is 2.32. The van der Waals surface area contributed by atoms with E-state index in [0.717, 1.165) is 0 Å². The first-order chi connectivity index (χ1) is 6.35. The van der Waals surface area contributed by atoms with Crippen LogP contribution in [0, 0.1) is 11.3 Å². The minimum absolute atomic E-state index is 0.0654. The Balaban J connectivity index is 2.51. The first-order valence-electron chi connectivity index (χ1n) is 4.96. The van der Waals surface area contributed by atoms with Crippen molar-refractivity contribution in [1.29, 1.82) is 0 Å². The molecule has 0 spiro atoms. The predicted molar refractivity (Wildman–Crippen MR) is 60.9 cm³/mol. The number of rotatable bonds is 4. The van der Waals surface area contributed by atoms with Gasteiger partial charge in [0, 0.05) is 6.04 Å². The molecule has 80 valence electrons. The van der Waals surface area contributed by atoms with E-state index in [1.165, 1.54) is 12.8 Å². The normalized spacial score (nSPS) is 18.8. The summed E-state index contributed by atoms with van der Waals surface area (Å²) in [5, 5.41) is 2.96. The lowest BCUT2D eigenvalue weighted by Crippen LogP contribution is -2.48. The zero-order valence-electron chi connectivity index (χ0n) is 8.96. The molecule has 1 amide bonds. The summed E-state index contributed by atoms with van der Waals surface area (Å²) in [5.41, 5.74) is 4.77. The summed E-state index contributed by atoms with van der Waals surface area (Å²) in [6.07, 6.45) is 2.43. The summed E-state index contributed by atoms with van der Waals surface area (Å²) in [5.74, 6) is 0.588. The molecule has 14 heavy (non-hydrogen) atoms. The molecule has 3 N–H and O–H groups in total. The summed E-state index contributed by atoms with van der Waals surface area (Å²) in [4.78, 5) is 12.0. The largest absolute Gasteiger partial charge is 0.392 e. The van der Waals surface area contributed by atoms with E-state index in [2.05, 4.69) is 5.32 Å². The van der Waals surface area contributed by atoms with Gasteiger partial charge in [0.25, 0.3) is 0 Å². The van der Waals surface area contributed by atoms with Crippen LogP contribution >= 0.6 is 12.2 Å².